The Morgan fingerprint density at radius 1 is 1.17 bits per heavy atom. The second-order valence-electron chi connectivity index (χ2n) is 9.78. The van der Waals surface area contributed by atoms with Crippen LogP contribution in [0.25, 0.3) is 0 Å². The summed E-state index contributed by atoms with van der Waals surface area (Å²) in [5.41, 5.74) is -1.60. The van der Waals surface area contributed by atoms with Gasteiger partial charge in [0.1, 0.15) is 11.4 Å². The van der Waals surface area contributed by atoms with Gasteiger partial charge in [-0.25, -0.2) is 0 Å². The predicted octanol–water partition coefficient (Wildman–Crippen LogP) is 2.29. The average molecular weight is 330 g/mol. The van der Waals surface area contributed by atoms with Crippen molar-refractivity contribution < 1.29 is 19.4 Å². The molecule has 1 N–H and O–H groups in total. The Morgan fingerprint density at radius 2 is 1.83 bits per heavy atom. The van der Waals surface area contributed by atoms with Crippen LogP contribution in [0.5, 0.6) is 0 Å². The number of Topliss-reactive ketones (excluding diaryl/α,β-unsaturated/α-hetero) is 2. The molecule has 5 rings (SSSR count). The van der Waals surface area contributed by atoms with E-state index in [2.05, 4.69) is 13.8 Å². The second-order valence-corrected chi connectivity index (χ2v) is 9.78. The van der Waals surface area contributed by atoms with E-state index in [0.29, 0.717) is 12.0 Å². The van der Waals surface area contributed by atoms with Gasteiger partial charge in [-0.1, -0.05) is 27.7 Å². The van der Waals surface area contributed by atoms with Crippen LogP contribution >= 0.6 is 0 Å². The lowest BCUT2D eigenvalue weighted by Crippen LogP contribution is -2.54. The molecule has 24 heavy (non-hydrogen) atoms. The summed E-state index contributed by atoms with van der Waals surface area (Å²) in [4.78, 5) is 26.4. The Morgan fingerprint density at radius 3 is 2.50 bits per heavy atom. The summed E-state index contributed by atoms with van der Waals surface area (Å²) in [5, 5.41) is 11.2. The zero-order valence-electron chi connectivity index (χ0n) is 15.1. The lowest BCUT2D eigenvalue weighted by Gasteiger charge is -2.43. The highest BCUT2D eigenvalue weighted by Gasteiger charge is 2.88. The van der Waals surface area contributed by atoms with E-state index in [4.69, 9.17) is 4.74 Å². The molecule has 1 heterocycles. The van der Waals surface area contributed by atoms with E-state index in [1.54, 1.807) is 0 Å². The highest BCUT2D eigenvalue weighted by molar-refractivity contribution is 6.10. The van der Waals surface area contributed by atoms with Crippen LogP contribution in [0.2, 0.25) is 0 Å². The molecule has 0 aromatic rings. The molecule has 2 bridgehead atoms. The summed E-state index contributed by atoms with van der Waals surface area (Å²) in [6.45, 7) is 10.2. The van der Waals surface area contributed by atoms with Crippen LogP contribution in [0.15, 0.2) is 11.6 Å². The van der Waals surface area contributed by atoms with E-state index in [0.717, 1.165) is 6.42 Å². The highest BCUT2D eigenvalue weighted by atomic mass is 16.6. The number of carbonyl (C=O) groups excluding carboxylic acids is 2. The number of hydrogen-bond donors (Lipinski definition) is 1. The first-order chi connectivity index (χ1) is 11.0. The zero-order chi connectivity index (χ0) is 17.4. The van der Waals surface area contributed by atoms with Crippen molar-refractivity contribution in [3.63, 3.8) is 0 Å². The highest BCUT2D eigenvalue weighted by Crippen LogP contribution is 2.81. The van der Waals surface area contributed by atoms with Crippen molar-refractivity contribution in [3.8, 4) is 0 Å². The molecule has 0 unspecified atom stereocenters. The number of ketones is 2. The van der Waals surface area contributed by atoms with Crippen LogP contribution in [0.3, 0.4) is 0 Å². The van der Waals surface area contributed by atoms with Gasteiger partial charge in [0.2, 0.25) is 0 Å². The van der Waals surface area contributed by atoms with Crippen LogP contribution in [0, 0.1) is 34.5 Å². The van der Waals surface area contributed by atoms with Gasteiger partial charge in [-0.2, -0.15) is 0 Å². The van der Waals surface area contributed by atoms with Gasteiger partial charge >= 0.3 is 0 Å². The summed E-state index contributed by atoms with van der Waals surface area (Å²) in [5.74, 6) is -0.0366. The molecule has 0 amide bonds. The van der Waals surface area contributed by atoms with E-state index in [1.165, 1.54) is 0 Å². The smallest absolute Gasteiger partial charge is 0.162 e. The molecule has 0 aromatic carbocycles. The molecule has 0 aromatic heterocycles. The van der Waals surface area contributed by atoms with Gasteiger partial charge in [-0.15, -0.1) is 0 Å². The van der Waals surface area contributed by atoms with Crippen molar-refractivity contribution in [1.82, 2.24) is 0 Å². The lowest BCUT2D eigenvalue weighted by atomic mass is 9.57. The Hall–Kier alpha value is -1.00. The summed E-state index contributed by atoms with van der Waals surface area (Å²) < 4.78 is 6.59. The number of rotatable bonds is 0. The summed E-state index contributed by atoms with van der Waals surface area (Å²) in [7, 11) is 0. The van der Waals surface area contributed by atoms with E-state index in [-0.39, 0.29) is 40.7 Å². The molecule has 130 valence electrons. The predicted molar refractivity (Wildman–Crippen MR) is 87.1 cm³/mol. The van der Waals surface area contributed by atoms with Crippen LogP contribution in [0.4, 0.5) is 0 Å². The summed E-state index contributed by atoms with van der Waals surface area (Å²) in [6.07, 6.45) is 2.42. The van der Waals surface area contributed by atoms with Gasteiger partial charge in [-0.3, -0.25) is 9.59 Å². The fourth-order valence-electron chi connectivity index (χ4n) is 7.20. The molecule has 4 fully saturated rings. The standard InChI is InChI=1S/C20H26O4/c1-9-6-12-17(3,4)20(12)14-16(23)18(5,24-20)8-11-13(21)10(2)7-19(11,14)15(9)22/h8-10,12,14,16,23H,6-7H2,1-5H3/t9-,10+,12+,14-,16-,18-,19+,20+/m1/s1. The Labute approximate surface area is 142 Å². The third-order valence-electron chi connectivity index (χ3n) is 8.33. The molecule has 1 saturated heterocycles. The first-order valence-corrected chi connectivity index (χ1v) is 9.24. The van der Waals surface area contributed by atoms with Crippen molar-refractivity contribution in [2.24, 2.45) is 34.5 Å². The van der Waals surface area contributed by atoms with Crippen molar-refractivity contribution >= 4 is 11.6 Å². The molecule has 8 atom stereocenters. The summed E-state index contributed by atoms with van der Waals surface area (Å²) in [6, 6.07) is 0. The minimum Gasteiger partial charge on any atom is -0.389 e. The van der Waals surface area contributed by atoms with Crippen molar-refractivity contribution in [1.29, 1.82) is 0 Å². The average Bonchev–Trinajstić information content (AvgIpc) is 2.74. The number of allylic oxidation sites excluding steroid dienone is 1. The maximum atomic E-state index is 13.5. The number of fused-ring (bicyclic) bond motifs is 1. The Kier molecular flexibility index (Phi) is 2.37. The van der Waals surface area contributed by atoms with Crippen molar-refractivity contribution in [2.75, 3.05) is 0 Å². The van der Waals surface area contributed by atoms with Gasteiger partial charge in [0.05, 0.1) is 17.1 Å². The van der Waals surface area contributed by atoms with E-state index < -0.39 is 22.7 Å². The van der Waals surface area contributed by atoms with E-state index >= 15 is 0 Å². The molecule has 4 heteroatoms. The zero-order valence-corrected chi connectivity index (χ0v) is 15.1. The van der Waals surface area contributed by atoms with Crippen LogP contribution in [0.1, 0.15) is 47.5 Å². The normalized spacial score (nSPS) is 59.6. The van der Waals surface area contributed by atoms with Gasteiger partial charge in [-0.05, 0) is 31.8 Å². The number of carbonyl (C=O) groups is 2. The van der Waals surface area contributed by atoms with Gasteiger partial charge in [0.15, 0.2) is 5.78 Å². The van der Waals surface area contributed by atoms with Crippen LogP contribution in [-0.2, 0) is 14.3 Å². The minimum atomic E-state index is -0.851. The van der Waals surface area contributed by atoms with Gasteiger partial charge in [0.25, 0.3) is 0 Å². The second kappa shape index (κ2) is 3.73. The lowest BCUT2D eigenvalue weighted by molar-refractivity contribution is -0.137. The van der Waals surface area contributed by atoms with Gasteiger partial charge in [0, 0.05) is 28.7 Å². The topological polar surface area (TPSA) is 63.6 Å². The number of hydrogen-bond acceptors (Lipinski definition) is 4. The fourth-order valence-corrected chi connectivity index (χ4v) is 7.20. The molecule has 5 aliphatic rings. The Bertz CT molecular complexity index is 736. The van der Waals surface area contributed by atoms with Crippen molar-refractivity contribution in [3.05, 3.63) is 11.6 Å². The molecule has 4 aliphatic carbocycles. The quantitative estimate of drug-likeness (QED) is 0.740. The molecule has 1 aliphatic heterocycles. The molecule has 4 nitrogen and oxygen atoms in total. The molecule has 2 spiro atoms. The van der Waals surface area contributed by atoms with E-state index in [1.807, 2.05) is 26.8 Å². The SMILES string of the molecule is C[C@@H]1C[C@H]2C(C)(C)[C@]23O[C@]2(C)C=C4C(=O)[C@@H](C)C[C@@]4(C1=O)[C@H]3[C@H]2O. The number of ether oxygens (including phenoxy) is 1. The summed E-state index contributed by atoms with van der Waals surface area (Å²) >= 11 is 0. The first kappa shape index (κ1) is 15.3. The maximum absolute atomic E-state index is 13.5. The monoisotopic (exact) mass is 330 g/mol. The molecule has 3 saturated carbocycles. The fraction of sp³-hybridized carbons (Fsp3) is 0.800. The number of aliphatic hydroxyl groups is 1. The molecule has 0 radical (unpaired) electrons. The third-order valence-corrected chi connectivity index (χ3v) is 8.33. The largest absolute Gasteiger partial charge is 0.389 e. The van der Waals surface area contributed by atoms with E-state index in [9.17, 15) is 14.7 Å². The van der Waals surface area contributed by atoms with Crippen molar-refractivity contribution in [2.45, 2.75) is 64.8 Å². The van der Waals surface area contributed by atoms with Gasteiger partial charge < -0.3 is 9.84 Å². The van der Waals surface area contributed by atoms with Crippen LogP contribution < -0.4 is 0 Å². The third kappa shape index (κ3) is 1.19. The number of aliphatic hydroxyl groups excluding tert-OH is 1. The minimum absolute atomic E-state index is 0.0729. The molecular formula is C20H26O4. The first-order valence-electron chi connectivity index (χ1n) is 9.24. The van der Waals surface area contributed by atoms with Crippen LogP contribution in [-0.4, -0.2) is 34.0 Å². The molecular weight excluding hydrogens is 304 g/mol. The Balaban J connectivity index is 1.85. The maximum Gasteiger partial charge on any atom is 0.162 e.